The zero-order chi connectivity index (χ0) is 33.3. The van der Waals surface area contributed by atoms with E-state index in [9.17, 15) is 9.59 Å². The molecule has 6 nitrogen and oxygen atoms in total. The zero-order valence-corrected chi connectivity index (χ0v) is 32.5. The lowest BCUT2D eigenvalue weighted by atomic mass is 9.80. The molecule has 4 bridgehead atoms. The second-order valence-electron chi connectivity index (χ2n) is 15.8. The van der Waals surface area contributed by atoms with Gasteiger partial charge in [0, 0.05) is 36.6 Å². The standard InChI is InChI=1S/C38H62O6S4/c39-37(43-11-5-15-47-13-3-9-41-35-19-25-17-33(35)31-23-27(45)21-29(25)31)7-1-2-8-38(40)44-12-6-16-48-14-4-10-42-36-20-26-18-34(36)32-24-28(46)22-30(26)32/h25-36,45-46H,1-24H2. The Hall–Kier alpha value is 0.260. The molecule has 0 aromatic rings. The molecule has 0 aromatic heterocycles. The summed E-state index contributed by atoms with van der Waals surface area (Å²) in [4.78, 5) is 24.1. The third-order valence-corrected chi connectivity index (χ3v) is 15.8. The van der Waals surface area contributed by atoms with Crippen molar-refractivity contribution in [1.82, 2.24) is 0 Å². The molecule has 0 saturated heterocycles. The fraction of sp³-hybridized carbons (Fsp3) is 0.947. The number of fused-ring (bicyclic) bond motifs is 10. The van der Waals surface area contributed by atoms with Crippen molar-refractivity contribution in [3.05, 3.63) is 0 Å². The molecular formula is C38H62O6S4. The number of unbranched alkanes of at least 4 members (excludes halogenated alkanes) is 1. The van der Waals surface area contributed by atoms with Gasteiger partial charge in [0.2, 0.25) is 0 Å². The molecule has 0 radical (unpaired) electrons. The first-order valence-corrected chi connectivity index (χ1v) is 22.9. The van der Waals surface area contributed by atoms with E-state index in [0.717, 1.165) is 109 Å². The minimum Gasteiger partial charge on any atom is -0.466 e. The van der Waals surface area contributed by atoms with Gasteiger partial charge in [-0.3, -0.25) is 9.59 Å². The van der Waals surface area contributed by atoms with Crippen LogP contribution >= 0.6 is 48.8 Å². The van der Waals surface area contributed by atoms with E-state index in [1.54, 1.807) is 0 Å². The molecule has 6 rings (SSSR count). The smallest absolute Gasteiger partial charge is 0.305 e. The number of hydrogen-bond donors (Lipinski definition) is 2. The molecule has 0 spiro atoms. The van der Waals surface area contributed by atoms with Crippen LogP contribution in [0.1, 0.15) is 103 Å². The van der Waals surface area contributed by atoms with Crippen LogP contribution in [0, 0.1) is 47.3 Å². The molecular weight excluding hydrogens is 681 g/mol. The van der Waals surface area contributed by atoms with Gasteiger partial charge in [-0.25, -0.2) is 0 Å². The molecule has 6 aliphatic rings. The maximum Gasteiger partial charge on any atom is 0.305 e. The number of carbonyl (C=O) groups is 2. The molecule has 0 aliphatic heterocycles. The third-order valence-electron chi connectivity index (χ3n) is 12.7. The SMILES string of the molecule is O=C(CCCCC(=O)OCCCSCCCOC1CC2CC1C1CC(S)CC21)OCCCSCCCOC1CC2CC1C1CC(S)CC21. The highest BCUT2D eigenvalue weighted by molar-refractivity contribution is 7.99. The lowest BCUT2D eigenvalue weighted by Gasteiger charge is -2.31. The Morgan fingerprint density at radius 3 is 1.31 bits per heavy atom. The Morgan fingerprint density at radius 2 is 0.875 bits per heavy atom. The largest absolute Gasteiger partial charge is 0.466 e. The summed E-state index contributed by atoms with van der Waals surface area (Å²) >= 11 is 13.4. The number of thiol groups is 2. The zero-order valence-electron chi connectivity index (χ0n) is 29.1. The van der Waals surface area contributed by atoms with Crippen LogP contribution in [0.3, 0.4) is 0 Å². The second kappa shape index (κ2) is 19.4. The van der Waals surface area contributed by atoms with E-state index in [4.69, 9.17) is 44.2 Å². The molecule has 6 saturated carbocycles. The van der Waals surface area contributed by atoms with Crippen LogP contribution in [0.4, 0.5) is 0 Å². The van der Waals surface area contributed by atoms with Crippen LogP contribution in [0.5, 0.6) is 0 Å². The Labute approximate surface area is 310 Å². The van der Waals surface area contributed by atoms with Gasteiger partial charge in [-0.15, -0.1) is 0 Å². The molecule has 6 aliphatic carbocycles. The molecule has 0 amide bonds. The van der Waals surface area contributed by atoms with Gasteiger partial charge in [0.25, 0.3) is 0 Å². The molecule has 0 aromatic carbocycles. The van der Waals surface area contributed by atoms with Crippen molar-refractivity contribution in [3.63, 3.8) is 0 Å². The normalized spacial score (nSPS) is 37.3. The Balaban J connectivity index is 0.653. The predicted molar refractivity (Wildman–Crippen MR) is 203 cm³/mol. The van der Waals surface area contributed by atoms with Gasteiger partial charge in [0.15, 0.2) is 0 Å². The lowest BCUT2D eigenvalue weighted by Crippen LogP contribution is -2.30. The average molecular weight is 743 g/mol. The minimum atomic E-state index is -0.159. The second-order valence-corrected chi connectivity index (χ2v) is 19.7. The molecule has 0 heterocycles. The Kier molecular flexibility index (Phi) is 15.3. The van der Waals surface area contributed by atoms with Crippen molar-refractivity contribution in [1.29, 1.82) is 0 Å². The van der Waals surface area contributed by atoms with E-state index >= 15 is 0 Å². The summed E-state index contributed by atoms with van der Waals surface area (Å²) in [5, 5.41) is 1.25. The van der Waals surface area contributed by atoms with Crippen LogP contribution in [0.25, 0.3) is 0 Å². The topological polar surface area (TPSA) is 71.1 Å². The van der Waals surface area contributed by atoms with E-state index in [1.807, 2.05) is 23.5 Å². The molecule has 48 heavy (non-hydrogen) atoms. The van der Waals surface area contributed by atoms with Crippen LogP contribution in [0.15, 0.2) is 0 Å². The molecule has 12 unspecified atom stereocenters. The monoisotopic (exact) mass is 742 g/mol. The summed E-state index contributed by atoms with van der Waals surface area (Å²) in [5.74, 6) is 10.9. The fourth-order valence-corrected chi connectivity index (χ4v) is 13.4. The van der Waals surface area contributed by atoms with E-state index in [-0.39, 0.29) is 11.9 Å². The maximum absolute atomic E-state index is 12.0. The van der Waals surface area contributed by atoms with E-state index < -0.39 is 0 Å². The number of ether oxygens (including phenoxy) is 4. The first kappa shape index (κ1) is 38.0. The third kappa shape index (κ3) is 10.4. The van der Waals surface area contributed by atoms with Crippen LogP contribution in [-0.2, 0) is 28.5 Å². The number of rotatable bonds is 23. The van der Waals surface area contributed by atoms with Crippen molar-refractivity contribution in [2.24, 2.45) is 47.3 Å². The van der Waals surface area contributed by atoms with Crippen LogP contribution in [0.2, 0.25) is 0 Å². The summed E-state index contributed by atoms with van der Waals surface area (Å²) in [5.41, 5.74) is 0. The lowest BCUT2D eigenvalue weighted by molar-refractivity contribution is -0.145. The summed E-state index contributed by atoms with van der Waals surface area (Å²) < 4.78 is 23.4. The fourth-order valence-electron chi connectivity index (χ4n) is 10.7. The summed E-state index contributed by atoms with van der Waals surface area (Å²) in [6.07, 6.45) is 17.7. The van der Waals surface area contributed by atoms with Gasteiger partial charge in [0.1, 0.15) is 0 Å². The molecule has 6 fully saturated rings. The number of hydrogen-bond acceptors (Lipinski definition) is 10. The Morgan fingerprint density at radius 1 is 0.479 bits per heavy atom. The number of thioether (sulfide) groups is 2. The van der Waals surface area contributed by atoms with Crippen LogP contribution < -0.4 is 0 Å². The van der Waals surface area contributed by atoms with E-state index in [2.05, 4.69) is 0 Å². The summed E-state index contributed by atoms with van der Waals surface area (Å²) in [6, 6.07) is 0. The Bertz CT molecular complexity index is 940. The highest BCUT2D eigenvalue weighted by Crippen LogP contribution is 2.61. The van der Waals surface area contributed by atoms with Gasteiger partial charge in [0.05, 0.1) is 25.4 Å². The quantitative estimate of drug-likeness (QED) is 0.0618. The predicted octanol–water partition coefficient (Wildman–Crippen LogP) is 8.16. The van der Waals surface area contributed by atoms with Gasteiger partial charge in [-0.2, -0.15) is 48.8 Å². The van der Waals surface area contributed by atoms with Gasteiger partial charge in [-0.05, 0) is 160 Å². The number of esters is 2. The molecule has 0 N–H and O–H groups in total. The number of carbonyl (C=O) groups excluding carboxylic acids is 2. The average Bonchev–Trinajstić information content (AvgIpc) is 3.91. The summed E-state index contributed by atoms with van der Waals surface area (Å²) in [7, 11) is 0. The van der Waals surface area contributed by atoms with Crippen LogP contribution in [-0.4, -0.2) is 84.1 Å². The van der Waals surface area contributed by atoms with Crippen molar-refractivity contribution in [2.45, 2.75) is 125 Å². The first-order valence-electron chi connectivity index (χ1n) is 19.5. The highest BCUT2D eigenvalue weighted by Gasteiger charge is 2.56. The summed E-state index contributed by atoms with van der Waals surface area (Å²) in [6.45, 7) is 2.71. The van der Waals surface area contributed by atoms with Gasteiger partial charge in [-0.1, -0.05) is 0 Å². The van der Waals surface area contributed by atoms with Crippen molar-refractivity contribution < 1.29 is 28.5 Å². The first-order chi connectivity index (χ1) is 23.5. The van der Waals surface area contributed by atoms with E-state index in [0.29, 0.717) is 61.6 Å². The molecule has 12 atom stereocenters. The minimum absolute atomic E-state index is 0.159. The van der Waals surface area contributed by atoms with Crippen molar-refractivity contribution >= 4 is 60.7 Å². The van der Waals surface area contributed by atoms with Gasteiger partial charge >= 0.3 is 11.9 Å². The van der Waals surface area contributed by atoms with Gasteiger partial charge < -0.3 is 18.9 Å². The highest BCUT2D eigenvalue weighted by atomic mass is 32.2. The van der Waals surface area contributed by atoms with Crippen molar-refractivity contribution in [2.75, 3.05) is 49.4 Å². The maximum atomic E-state index is 12.0. The van der Waals surface area contributed by atoms with Crippen molar-refractivity contribution in [3.8, 4) is 0 Å². The van der Waals surface area contributed by atoms with E-state index in [1.165, 1.54) is 51.4 Å². The molecule has 274 valence electrons. The molecule has 10 heteroatoms.